The topological polar surface area (TPSA) is 94.6 Å². The van der Waals surface area contributed by atoms with Gasteiger partial charge in [-0.05, 0) is 44.5 Å². The molecule has 0 spiro atoms. The number of sulfonamides is 1. The molecule has 0 bridgehead atoms. The Labute approximate surface area is 147 Å². The molecule has 134 valence electrons. The molecule has 0 saturated carbocycles. The average molecular weight is 362 g/mol. The van der Waals surface area contributed by atoms with Crippen LogP contribution in [0.5, 0.6) is 0 Å². The highest BCUT2D eigenvalue weighted by molar-refractivity contribution is 7.89. The first-order valence-corrected chi connectivity index (χ1v) is 9.10. The van der Waals surface area contributed by atoms with Gasteiger partial charge in [0.05, 0.1) is 10.6 Å². The van der Waals surface area contributed by atoms with Crippen molar-refractivity contribution in [3.8, 4) is 0 Å². The molecule has 2 aromatic rings. The van der Waals surface area contributed by atoms with E-state index in [1.807, 2.05) is 20.0 Å². The highest BCUT2D eigenvalue weighted by atomic mass is 32.2. The van der Waals surface area contributed by atoms with E-state index in [1.54, 1.807) is 13.0 Å². The number of carbonyl (C=O) groups is 1. The highest BCUT2D eigenvalue weighted by Gasteiger charge is 2.18. The van der Waals surface area contributed by atoms with Crippen LogP contribution in [0.4, 0.5) is 0 Å². The summed E-state index contributed by atoms with van der Waals surface area (Å²) in [5, 5.41) is 4.13. The predicted molar refractivity (Wildman–Crippen MR) is 97.3 cm³/mol. The molecule has 0 unspecified atom stereocenters. The summed E-state index contributed by atoms with van der Waals surface area (Å²) >= 11 is 0. The first-order chi connectivity index (χ1) is 11.6. The number of carbonyl (C=O) groups excluding carboxylic acids is 1. The van der Waals surface area contributed by atoms with Gasteiger partial charge in [0.2, 0.25) is 10.0 Å². The number of hydrogen-bond acceptors (Lipinski definition) is 4. The van der Waals surface area contributed by atoms with Gasteiger partial charge in [-0.15, -0.1) is 0 Å². The van der Waals surface area contributed by atoms with Gasteiger partial charge in [0.1, 0.15) is 0 Å². The lowest BCUT2D eigenvalue weighted by Gasteiger charge is -2.12. The molecule has 1 heterocycles. The first kappa shape index (κ1) is 18.9. The van der Waals surface area contributed by atoms with Gasteiger partial charge >= 0.3 is 0 Å². The zero-order valence-electron chi connectivity index (χ0n) is 14.9. The summed E-state index contributed by atoms with van der Waals surface area (Å²) in [7, 11) is -0.714. The number of aryl methyl sites for hydroxylation is 2. The van der Waals surface area contributed by atoms with Crippen molar-refractivity contribution in [2.75, 3.05) is 14.1 Å². The maximum Gasteiger partial charge on any atom is 0.271 e. The van der Waals surface area contributed by atoms with Crippen molar-refractivity contribution in [1.82, 2.24) is 14.7 Å². The van der Waals surface area contributed by atoms with E-state index >= 15 is 0 Å². The van der Waals surface area contributed by atoms with Crippen molar-refractivity contribution in [3.05, 3.63) is 52.8 Å². The lowest BCUT2D eigenvalue weighted by atomic mass is 10.1. The summed E-state index contributed by atoms with van der Waals surface area (Å²) in [5.74, 6) is -0.471. The van der Waals surface area contributed by atoms with Crippen LogP contribution in [-0.4, -0.2) is 43.4 Å². The number of rotatable bonds is 5. The Bertz CT molecular complexity index is 908. The van der Waals surface area contributed by atoms with E-state index in [9.17, 15) is 13.2 Å². The van der Waals surface area contributed by atoms with Gasteiger partial charge in [-0.1, -0.05) is 6.07 Å². The normalized spacial score (nSPS) is 12.5. The van der Waals surface area contributed by atoms with E-state index in [4.69, 9.17) is 0 Å². The van der Waals surface area contributed by atoms with Gasteiger partial charge in [0.15, 0.2) is 0 Å². The smallest absolute Gasteiger partial charge is 0.271 e. The van der Waals surface area contributed by atoms with Crippen LogP contribution < -0.4 is 5.43 Å². The molecule has 0 atom stereocenters. The Morgan fingerprint density at radius 3 is 2.48 bits per heavy atom. The van der Waals surface area contributed by atoms with Crippen molar-refractivity contribution in [2.24, 2.45) is 5.10 Å². The van der Waals surface area contributed by atoms with Gasteiger partial charge in [-0.2, -0.15) is 5.10 Å². The minimum atomic E-state index is -3.60. The number of H-pyrrole nitrogens is 1. The van der Waals surface area contributed by atoms with E-state index in [0.29, 0.717) is 5.71 Å². The van der Waals surface area contributed by atoms with E-state index < -0.39 is 15.9 Å². The van der Waals surface area contributed by atoms with Crippen molar-refractivity contribution >= 4 is 21.6 Å². The van der Waals surface area contributed by atoms with Crippen molar-refractivity contribution < 1.29 is 13.2 Å². The Morgan fingerprint density at radius 2 is 1.92 bits per heavy atom. The van der Waals surface area contributed by atoms with E-state index in [2.05, 4.69) is 15.5 Å². The fourth-order valence-electron chi connectivity index (χ4n) is 2.48. The first-order valence-electron chi connectivity index (χ1n) is 7.66. The molecule has 1 aromatic heterocycles. The Balaban J connectivity index is 2.24. The molecule has 0 aliphatic heterocycles. The predicted octanol–water partition coefficient (Wildman–Crippen LogP) is 2.04. The third kappa shape index (κ3) is 3.97. The van der Waals surface area contributed by atoms with Crippen molar-refractivity contribution in [1.29, 1.82) is 0 Å². The third-order valence-corrected chi connectivity index (χ3v) is 5.65. The summed E-state index contributed by atoms with van der Waals surface area (Å²) in [5.41, 5.74) is 6.32. The van der Waals surface area contributed by atoms with Gasteiger partial charge < -0.3 is 4.98 Å². The van der Waals surface area contributed by atoms with Gasteiger partial charge in [-0.25, -0.2) is 18.1 Å². The summed E-state index contributed by atoms with van der Waals surface area (Å²) in [4.78, 5) is 15.5. The second-order valence-corrected chi connectivity index (χ2v) is 8.08. The van der Waals surface area contributed by atoms with Crippen LogP contribution in [0, 0.1) is 13.8 Å². The Kier molecular flexibility index (Phi) is 5.44. The Morgan fingerprint density at radius 1 is 1.24 bits per heavy atom. The third-order valence-electron chi connectivity index (χ3n) is 3.84. The molecule has 0 radical (unpaired) electrons. The average Bonchev–Trinajstić information content (AvgIpc) is 2.91. The van der Waals surface area contributed by atoms with Crippen LogP contribution in [0.3, 0.4) is 0 Å². The minimum absolute atomic E-state index is 0.0585. The van der Waals surface area contributed by atoms with E-state index in [0.717, 1.165) is 21.1 Å². The number of aromatic amines is 1. The van der Waals surface area contributed by atoms with E-state index in [1.165, 1.54) is 32.3 Å². The molecule has 0 saturated heterocycles. The molecule has 8 heteroatoms. The highest BCUT2D eigenvalue weighted by Crippen LogP contribution is 2.15. The summed E-state index contributed by atoms with van der Waals surface area (Å²) in [6, 6.07) is 5.86. The summed E-state index contributed by atoms with van der Waals surface area (Å²) in [6.45, 7) is 5.68. The van der Waals surface area contributed by atoms with Gasteiger partial charge in [-0.3, -0.25) is 4.79 Å². The van der Waals surface area contributed by atoms with E-state index in [-0.39, 0.29) is 10.5 Å². The number of amides is 1. The molecular weight excluding hydrogens is 340 g/mol. The number of aromatic nitrogens is 1. The van der Waals surface area contributed by atoms with Crippen LogP contribution in [0.25, 0.3) is 0 Å². The molecular formula is C17H22N4O3S. The molecule has 0 fully saturated rings. The number of nitrogens with one attached hydrogen (secondary N) is 2. The molecule has 0 aliphatic carbocycles. The van der Waals surface area contributed by atoms with Gasteiger partial charge in [0.25, 0.3) is 5.91 Å². The quantitative estimate of drug-likeness (QED) is 0.629. The van der Waals surface area contributed by atoms with Crippen LogP contribution >= 0.6 is 0 Å². The maximum atomic E-state index is 12.3. The van der Waals surface area contributed by atoms with Crippen molar-refractivity contribution in [3.63, 3.8) is 0 Å². The second kappa shape index (κ2) is 7.20. The Hall–Kier alpha value is -2.45. The standard InChI is InChI=1S/C17H22N4O3S/c1-11-10-18-12(2)16(11)13(3)19-20-17(22)14-7-6-8-15(9-14)25(23,24)21(4)5/h6-10,18H,1-5H3,(H,20,22)/b19-13+. The second-order valence-electron chi connectivity index (χ2n) is 5.93. The largest absolute Gasteiger partial charge is 0.364 e. The van der Waals surface area contributed by atoms with Crippen LogP contribution in [0.1, 0.15) is 34.1 Å². The molecule has 0 aliphatic rings. The minimum Gasteiger partial charge on any atom is -0.364 e. The number of hydrogen-bond donors (Lipinski definition) is 2. The van der Waals surface area contributed by atoms with Crippen LogP contribution in [0.2, 0.25) is 0 Å². The zero-order valence-corrected chi connectivity index (χ0v) is 15.7. The lowest BCUT2D eigenvalue weighted by Crippen LogP contribution is -2.23. The molecule has 2 N–H and O–H groups in total. The number of nitrogens with zero attached hydrogens (tertiary/aromatic N) is 2. The van der Waals surface area contributed by atoms with Crippen LogP contribution in [-0.2, 0) is 10.0 Å². The molecule has 2 rings (SSSR count). The number of hydrazone groups is 1. The number of benzene rings is 1. The zero-order chi connectivity index (χ0) is 18.8. The fraction of sp³-hybridized carbons (Fsp3) is 0.294. The molecule has 1 amide bonds. The lowest BCUT2D eigenvalue weighted by molar-refractivity contribution is 0.0954. The van der Waals surface area contributed by atoms with Crippen molar-refractivity contribution in [2.45, 2.75) is 25.7 Å². The van der Waals surface area contributed by atoms with Gasteiger partial charge in [0, 0.05) is 37.1 Å². The summed E-state index contributed by atoms with van der Waals surface area (Å²) < 4.78 is 25.4. The maximum absolute atomic E-state index is 12.3. The molecule has 7 nitrogen and oxygen atoms in total. The molecule has 1 aromatic carbocycles. The van der Waals surface area contributed by atoms with Crippen LogP contribution in [0.15, 0.2) is 40.5 Å². The monoisotopic (exact) mass is 362 g/mol. The summed E-state index contributed by atoms with van der Waals surface area (Å²) in [6.07, 6.45) is 1.88. The SMILES string of the molecule is C/C(=N\NC(=O)c1cccc(S(=O)(=O)N(C)C)c1)c1c(C)c[nH]c1C. The molecule has 25 heavy (non-hydrogen) atoms. The fourth-order valence-corrected chi connectivity index (χ4v) is 3.43.